The minimum Gasteiger partial charge on any atom is -0.367 e. The van der Waals surface area contributed by atoms with Gasteiger partial charge in [-0.15, -0.1) is 11.3 Å². The first-order valence-electron chi connectivity index (χ1n) is 12.3. The van der Waals surface area contributed by atoms with Gasteiger partial charge in [-0.3, -0.25) is 4.79 Å². The highest BCUT2D eigenvalue weighted by atomic mass is 32.1. The molecule has 2 aliphatic rings. The maximum Gasteiger partial charge on any atom is 0.229 e. The monoisotopic (exact) mass is 483 g/mol. The highest BCUT2D eigenvalue weighted by Gasteiger charge is 2.32. The van der Waals surface area contributed by atoms with E-state index in [9.17, 15) is 4.79 Å². The fourth-order valence-electron chi connectivity index (χ4n) is 4.64. The zero-order chi connectivity index (χ0) is 23.9. The third-order valence-corrected chi connectivity index (χ3v) is 7.62. The molecule has 178 valence electrons. The summed E-state index contributed by atoms with van der Waals surface area (Å²) in [4.78, 5) is 28.7. The second kappa shape index (κ2) is 9.04. The van der Waals surface area contributed by atoms with Crippen LogP contribution in [-0.2, 0) is 17.8 Å². The Balaban J connectivity index is 1.28. The van der Waals surface area contributed by atoms with Crippen LogP contribution in [0.4, 0.5) is 5.82 Å². The van der Waals surface area contributed by atoms with E-state index in [0.29, 0.717) is 25.0 Å². The van der Waals surface area contributed by atoms with Crippen molar-refractivity contribution in [3.63, 3.8) is 0 Å². The average molecular weight is 484 g/mol. The Labute approximate surface area is 209 Å². The van der Waals surface area contributed by atoms with Gasteiger partial charge in [0.2, 0.25) is 5.91 Å². The third-order valence-electron chi connectivity index (χ3n) is 6.80. The van der Waals surface area contributed by atoms with Gasteiger partial charge in [-0.2, -0.15) is 0 Å². The minimum absolute atomic E-state index is 0.165. The second-order valence-corrected chi connectivity index (χ2v) is 10.9. The molecule has 1 amide bonds. The zero-order valence-corrected chi connectivity index (χ0v) is 20.9. The van der Waals surface area contributed by atoms with Crippen LogP contribution in [0.5, 0.6) is 0 Å². The molecule has 1 N–H and O–H groups in total. The van der Waals surface area contributed by atoms with Gasteiger partial charge in [0.15, 0.2) is 0 Å². The minimum atomic E-state index is 0.165. The quantitative estimate of drug-likeness (QED) is 0.349. The lowest BCUT2D eigenvalue weighted by Crippen LogP contribution is -2.33. The molecule has 4 aromatic rings. The van der Waals surface area contributed by atoms with Gasteiger partial charge in [-0.05, 0) is 80.0 Å². The molecule has 6 nitrogen and oxygen atoms in total. The number of thiazole rings is 1. The van der Waals surface area contributed by atoms with E-state index in [1.165, 1.54) is 24.0 Å². The van der Waals surface area contributed by atoms with Gasteiger partial charge in [-0.25, -0.2) is 15.0 Å². The molecule has 6 rings (SSSR count). The number of nitrogens with one attached hydrogen (secondary N) is 1. The van der Waals surface area contributed by atoms with Crippen LogP contribution < -0.4 is 5.32 Å². The van der Waals surface area contributed by atoms with Crippen LogP contribution >= 0.6 is 11.3 Å². The summed E-state index contributed by atoms with van der Waals surface area (Å²) < 4.78 is 0. The number of carbonyl (C=O) groups excluding carboxylic acids is 1. The maximum absolute atomic E-state index is 13.2. The number of carbonyl (C=O) groups is 1. The molecule has 0 spiro atoms. The Morgan fingerprint density at radius 3 is 2.71 bits per heavy atom. The molecule has 2 aliphatic carbocycles. The zero-order valence-electron chi connectivity index (χ0n) is 20.1. The molecule has 0 radical (unpaired) electrons. The van der Waals surface area contributed by atoms with Crippen molar-refractivity contribution >= 4 is 34.0 Å². The Bertz CT molecular complexity index is 1410. The summed E-state index contributed by atoms with van der Waals surface area (Å²) in [5.41, 5.74) is 6.50. The van der Waals surface area contributed by atoms with Crippen molar-refractivity contribution in [2.24, 2.45) is 0 Å². The number of nitrogens with zero attached hydrogens (tertiary/aromatic N) is 4. The molecule has 2 aromatic heterocycles. The molecular formula is C28H29N5OS. The summed E-state index contributed by atoms with van der Waals surface area (Å²) in [6.07, 6.45) is 6.59. The van der Waals surface area contributed by atoms with E-state index in [1.807, 2.05) is 17.2 Å². The van der Waals surface area contributed by atoms with E-state index in [-0.39, 0.29) is 5.91 Å². The standard InChI is InChI=1S/C28H29N5OS/c1-17-10-26-25(28(30-16-29-26)32-21-6-7-21)13-24(17)20-5-3-4-19(11-20)14-33(23-8-9-23)27(34)12-22-15-35-18(2)31-22/h3-5,10-11,13,15-16,21,23H,6-9,12,14H2,1-2H3,(H,29,30,32). The molecule has 2 saturated carbocycles. The number of amides is 1. The summed E-state index contributed by atoms with van der Waals surface area (Å²) in [6.45, 7) is 4.74. The number of hydrogen-bond donors (Lipinski definition) is 1. The molecule has 0 aliphatic heterocycles. The molecule has 0 atom stereocenters. The Morgan fingerprint density at radius 2 is 1.97 bits per heavy atom. The molecule has 0 bridgehead atoms. The largest absolute Gasteiger partial charge is 0.367 e. The molecule has 2 fully saturated rings. The molecule has 35 heavy (non-hydrogen) atoms. The number of hydrogen-bond acceptors (Lipinski definition) is 6. The summed E-state index contributed by atoms with van der Waals surface area (Å²) >= 11 is 1.60. The highest BCUT2D eigenvalue weighted by Crippen LogP contribution is 2.34. The molecule has 2 heterocycles. The number of rotatable bonds is 8. The Hall–Kier alpha value is -3.32. The fourth-order valence-corrected chi connectivity index (χ4v) is 5.25. The summed E-state index contributed by atoms with van der Waals surface area (Å²) in [6, 6.07) is 13.8. The van der Waals surface area contributed by atoms with E-state index in [1.54, 1.807) is 17.7 Å². The van der Waals surface area contributed by atoms with E-state index in [4.69, 9.17) is 0 Å². The van der Waals surface area contributed by atoms with Gasteiger partial charge in [0.05, 0.1) is 22.6 Å². The highest BCUT2D eigenvalue weighted by molar-refractivity contribution is 7.09. The number of aromatic nitrogens is 3. The second-order valence-electron chi connectivity index (χ2n) is 9.81. The molecule has 7 heteroatoms. The van der Waals surface area contributed by atoms with Crippen molar-refractivity contribution in [3.05, 3.63) is 69.9 Å². The molecule has 0 saturated heterocycles. The van der Waals surface area contributed by atoms with Gasteiger partial charge in [0, 0.05) is 29.4 Å². The molecule has 0 unspecified atom stereocenters. The van der Waals surface area contributed by atoms with Crippen LogP contribution in [0.2, 0.25) is 0 Å². The van der Waals surface area contributed by atoms with E-state index in [0.717, 1.165) is 51.4 Å². The van der Waals surface area contributed by atoms with Crippen LogP contribution in [0.25, 0.3) is 22.0 Å². The van der Waals surface area contributed by atoms with Gasteiger partial charge in [0.25, 0.3) is 0 Å². The summed E-state index contributed by atoms with van der Waals surface area (Å²) in [7, 11) is 0. The predicted octanol–water partition coefficient (Wildman–Crippen LogP) is 5.68. The Kier molecular flexibility index (Phi) is 5.72. The van der Waals surface area contributed by atoms with Crippen molar-refractivity contribution < 1.29 is 4.79 Å². The number of fused-ring (bicyclic) bond motifs is 1. The van der Waals surface area contributed by atoms with Crippen LogP contribution in [-0.4, -0.2) is 37.8 Å². The number of anilines is 1. The van der Waals surface area contributed by atoms with Crippen LogP contribution in [0.15, 0.2) is 48.1 Å². The Morgan fingerprint density at radius 1 is 1.11 bits per heavy atom. The van der Waals surface area contributed by atoms with Gasteiger partial charge in [0.1, 0.15) is 12.1 Å². The smallest absolute Gasteiger partial charge is 0.229 e. The predicted molar refractivity (Wildman–Crippen MR) is 140 cm³/mol. The lowest BCUT2D eigenvalue weighted by Gasteiger charge is -2.23. The number of benzene rings is 2. The van der Waals surface area contributed by atoms with Crippen molar-refractivity contribution in [2.75, 3.05) is 5.32 Å². The normalized spacial score (nSPS) is 15.4. The fraction of sp³-hybridized carbons (Fsp3) is 0.357. The first kappa shape index (κ1) is 22.2. The van der Waals surface area contributed by atoms with Crippen LogP contribution in [0.1, 0.15) is 47.5 Å². The van der Waals surface area contributed by atoms with E-state index >= 15 is 0 Å². The lowest BCUT2D eigenvalue weighted by atomic mass is 9.96. The molecular weight excluding hydrogens is 454 g/mol. The summed E-state index contributed by atoms with van der Waals surface area (Å²) in [5, 5.41) is 7.60. The van der Waals surface area contributed by atoms with Gasteiger partial charge < -0.3 is 10.2 Å². The van der Waals surface area contributed by atoms with Crippen LogP contribution in [0.3, 0.4) is 0 Å². The van der Waals surface area contributed by atoms with Gasteiger partial charge in [-0.1, -0.05) is 18.2 Å². The first-order valence-corrected chi connectivity index (χ1v) is 13.2. The average Bonchev–Trinajstić information content (AvgIpc) is 3.78. The van der Waals surface area contributed by atoms with Crippen molar-refractivity contribution in [2.45, 2.75) is 64.6 Å². The molecule has 2 aromatic carbocycles. The van der Waals surface area contributed by atoms with Crippen molar-refractivity contribution in [3.8, 4) is 11.1 Å². The van der Waals surface area contributed by atoms with Crippen molar-refractivity contribution in [1.82, 2.24) is 19.9 Å². The van der Waals surface area contributed by atoms with Crippen LogP contribution in [0, 0.1) is 13.8 Å². The summed E-state index contributed by atoms with van der Waals surface area (Å²) in [5.74, 6) is 1.08. The van der Waals surface area contributed by atoms with E-state index < -0.39 is 0 Å². The third kappa shape index (κ3) is 4.91. The van der Waals surface area contributed by atoms with E-state index in [2.05, 4.69) is 63.6 Å². The number of aryl methyl sites for hydroxylation is 2. The maximum atomic E-state index is 13.2. The SMILES string of the molecule is Cc1nc(CC(=O)N(Cc2cccc(-c3cc4c(NC5CC5)ncnc4cc3C)c2)C2CC2)cs1. The van der Waals surface area contributed by atoms with Gasteiger partial charge >= 0.3 is 0 Å². The topological polar surface area (TPSA) is 71.0 Å². The lowest BCUT2D eigenvalue weighted by molar-refractivity contribution is -0.131. The van der Waals surface area contributed by atoms with Crippen molar-refractivity contribution in [1.29, 1.82) is 0 Å². The first-order chi connectivity index (χ1) is 17.0.